The maximum Gasteiger partial charge on any atom is 0.426 e. The Morgan fingerprint density at radius 1 is 1.41 bits per heavy atom. The summed E-state index contributed by atoms with van der Waals surface area (Å²) in [7, 11) is 0.424. The maximum absolute atomic E-state index is 12.7. The van der Waals surface area contributed by atoms with Crippen LogP contribution in [0.4, 0.5) is 13.2 Å². The van der Waals surface area contributed by atoms with Gasteiger partial charge in [0.15, 0.2) is 0 Å². The van der Waals surface area contributed by atoms with Crippen LogP contribution in [0, 0.1) is 6.92 Å². The highest BCUT2D eigenvalue weighted by Crippen LogP contribution is 2.25. The van der Waals surface area contributed by atoms with Crippen molar-refractivity contribution in [2.75, 3.05) is 5.75 Å². The molecule has 1 unspecified atom stereocenters. The van der Waals surface area contributed by atoms with E-state index in [9.17, 15) is 26.4 Å². The summed E-state index contributed by atoms with van der Waals surface area (Å²) >= 11 is 0. The zero-order valence-corrected chi connectivity index (χ0v) is 12.2. The van der Waals surface area contributed by atoms with Gasteiger partial charge < -0.3 is 4.74 Å². The van der Waals surface area contributed by atoms with Gasteiger partial charge in [-0.05, 0) is 18.6 Å². The zero-order valence-electron chi connectivity index (χ0n) is 11.4. The highest BCUT2D eigenvalue weighted by atomic mass is 32.2. The summed E-state index contributed by atoms with van der Waals surface area (Å²) < 4.78 is 72.0. The van der Waals surface area contributed by atoms with Crippen LogP contribution in [-0.4, -0.2) is 44.8 Å². The van der Waals surface area contributed by atoms with Crippen LogP contribution in [-0.2, 0) is 21.2 Å². The van der Waals surface area contributed by atoms with E-state index in [0.717, 1.165) is 0 Å². The van der Waals surface area contributed by atoms with Crippen molar-refractivity contribution in [2.24, 2.45) is 0 Å². The molecule has 0 aliphatic heterocycles. The number of benzene rings is 1. The minimum Gasteiger partial charge on any atom is -0.448 e. The second-order valence-electron chi connectivity index (χ2n) is 4.54. The normalized spacial score (nSPS) is 13.7. The molecule has 1 aromatic rings. The average Bonchev–Trinajstić information content (AvgIpc) is 2.34. The van der Waals surface area contributed by atoms with Crippen LogP contribution in [0.2, 0.25) is 0 Å². The first kappa shape index (κ1) is 18.5. The summed E-state index contributed by atoms with van der Waals surface area (Å²) in [5, 5.41) is 0. The number of carbonyl (C=O) groups excluding carboxylic acids is 1. The first-order valence-electron chi connectivity index (χ1n) is 5.96. The standard InChI is InChI=1S/C12H12BF3O5S/c1-7-4-8(5-13)2-3-9(7)11(17)21-10(12(14,15)16)6-22(18,19)20/h2-4,10H,5-6H2,1H3,(H,18,19,20). The van der Waals surface area contributed by atoms with E-state index in [-0.39, 0.29) is 11.9 Å². The van der Waals surface area contributed by atoms with Crippen LogP contribution in [0.25, 0.3) is 0 Å². The molecular formula is C12H12BF3O5S. The van der Waals surface area contributed by atoms with Crippen LogP contribution in [0.15, 0.2) is 18.2 Å². The topological polar surface area (TPSA) is 80.7 Å². The first-order chi connectivity index (χ1) is 9.94. The van der Waals surface area contributed by atoms with E-state index < -0.39 is 34.1 Å². The number of alkyl halides is 3. The van der Waals surface area contributed by atoms with E-state index in [2.05, 4.69) is 4.74 Å². The van der Waals surface area contributed by atoms with Crippen LogP contribution in [0.3, 0.4) is 0 Å². The quantitative estimate of drug-likeness (QED) is 0.502. The van der Waals surface area contributed by atoms with Gasteiger partial charge in [-0.1, -0.05) is 24.0 Å². The Balaban J connectivity index is 3.01. The van der Waals surface area contributed by atoms with E-state index in [4.69, 9.17) is 12.4 Å². The van der Waals surface area contributed by atoms with Crippen LogP contribution < -0.4 is 0 Å². The maximum atomic E-state index is 12.7. The lowest BCUT2D eigenvalue weighted by Crippen LogP contribution is -2.39. The van der Waals surface area contributed by atoms with E-state index >= 15 is 0 Å². The molecule has 1 aromatic carbocycles. The van der Waals surface area contributed by atoms with Gasteiger partial charge in [0, 0.05) is 0 Å². The lowest BCUT2D eigenvalue weighted by atomic mass is 9.94. The predicted octanol–water partition coefficient (Wildman–Crippen LogP) is 1.64. The van der Waals surface area contributed by atoms with Crippen molar-refractivity contribution >= 4 is 23.9 Å². The SMILES string of the molecule is [B]Cc1ccc(C(=O)OC(CS(=O)(=O)O)C(F)(F)F)c(C)c1. The number of hydrogen-bond donors (Lipinski definition) is 1. The van der Waals surface area contributed by atoms with E-state index in [1.165, 1.54) is 25.1 Å². The summed E-state index contributed by atoms with van der Waals surface area (Å²) in [5.74, 6) is -3.10. The molecule has 0 aliphatic rings. The first-order valence-corrected chi connectivity index (χ1v) is 7.57. The summed E-state index contributed by atoms with van der Waals surface area (Å²) in [5.41, 5.74) is 0.849. The Bertz CT molecular complexity index is 657. The summed E-state index contributed by atoms with van der Waals surface area (Å²) in [6, 6.07) is 4.18. The second kappa shape index (κ2) is 6.70. The van der Waals surface area contributed by atoms with Gasteiger partial charge in [-0.25, -0.2) is 4.79 Å². The van der Waals surface area contributed by atoms with Gasteiger partial charge in [-0.3, -0.25) is 4.55 Å². The fourth-order valence-electron chi connectivity index (χ4n) is 1.66. The van der Waals surface area contributed by atoms with Crippen LogP contribution in [0.1, 0.15) is 21.5 Å². The van der Waals surface area contributed by atoms with Crippen molar-refractivity contribution in [1.82, 2.24) is 0 Å². The van der Waals surface area contributed by atoms with Gasteiger partial charge in [-0.15, -0.1) is 0 Å². The lowest BCUT2D eigenvalue weighted by molar-refractivity contribution is -0.197. The van der Waals surface area contributed by atoms with E-state index in [0.29, 0.717) is 11.1 Å². The molecule has 0 aromatic heterocycles. The van der Waals surface area contributed by atoms with Gasteiger partial charge in [0.2, 0.25) is 6.10 Å². The van der Waals surface area contributed by atoms with Gasteiger partial charge in [0.1, 0.15) is 5.75 Å². The third kappa shape index (κ3) is 5.34. The fraction of sp³-hybridized carbons (Fsp3) is 0.417. The number of esters is 1. The summed E-state index contributed by atoms with van der Waals surface area (Å²) in [6.45, 7) is 1.47. The molecule has 0 spiro atoms. The molecular weight excluding hydrogens is 324 g/mol. The number of halogens is 3. The fourth-order valence-corrected chi connectivity index (χ4v) is 2.30. The highest BCUT2D eigenvalue weighted by Gasteiger charge is 2.45. The molecule has 0 fully saturated rings. The lowest BCUT2D eigenvalue weighted by Gasteiger charge is -2.20. The second-order valence-corrected chi connectivity index (χ2v) is 6.03. The minimum absolute atomic E-state index is 0.151. The number of carbonyl (C=O) groups is 1. The molecule has 0 amide bonds. The van der Waals surface area contributed by atoms with Crippen molar-refractivity contribution in [3.8, 4) is 0 Å². The Kier molecular flexibility index (Phi) is 5.63. The molecule has 0 saturated heterocycles. The molecule has 120 valence electrons. The van der Waals surface area contributed by atoms with Gasteiger partial charge in [0.25, 0.3) is 10.1 Å². The third-order valence-corrected chi connectivity index (χ3v) is 3.45. The number of aryl methyl sites for hydroxylation is 1. The van der Waals surface area contributed by atoms with Gasteiger partial charge in [0.05, 0.1) is 13.4 Å². The molecule has 0 aliphatic carbocycles. The molecule has 1 atom stereocenters. The van der Waals surface area contributed by atoms with Crippen molar-refractivity contribution < 1.29 is 35.7 Å². The minimum atomic E-state index is -5.13. The Hall–Kier alpha value is -1.55. The van der Waals surface area contributed by atoms with Crippen molar-refractivity contribution in [3.05, 3.63) is 34.9 Å². The van der Waals surface area contributed by atoms with Crippen molar-refractivity contribution in [3.63, 3.8) is 0 Å². The number of rotatable bonds is 5. The third-order valence-electron chi connectivity index (χ3n) is 2.72. The molecule has 5 nitrogen and oxygen atoms in total. The molecule has 0 heterocycles. The average molecular weight is 336 g/mol. The number of hydrogen-bond acceptors (Lipinski definition) is 4. The molecule has 10 heteroatoms. The Morgan fingerprint density at radius 2 is 2.00 bits per heavy atom. The van der Waals surface area contributed by atoms with E-state index in [1.807, 2.05) is 0 Å². The zero-order chi connectivity index (χ0) is 17.1. The molecule has 1 N–H and O–H groups in total. The van der Waals surface area contributed by atoms with E-state index in [1.54, 1.807) is 0 Å². The molecule has 1 rings (SSSR count). The Labute approximate surface area is 126 Å². The number of ether oxygens (including phenoxy) is 1. The van der Waals surface area contributed by atoms with Gasteiger partial charge in [-0.2, -0.15) is 21.6 Å². The largest absolute Gasteiger partial charge is 0.448 e. The van der Waals surface area contributed by atoms with Crippen LogP contribution in [0.5, 0.6) is 0 Å². The molecule has 0 bridgehead atoms. The highest BCUT2D eigenvalue weighted by molar-refractivity contribution is 7.85. The monoisotopic (exact) mass is 336 g/mol. The predicted molar refractivity (Wildman–Crippen MR) is 72.3 cm³/mol. The summed E-state index contributed by atoms with van der Waals surface area (Å²) in [6.07, 6.45) is -7.90. The molecule has 22 heavy (non-hydrogen) atoms. The summed E-state index contributed by atoms with van der Waals surface area (Å²) in [4.78, 5) is 11.8. The van der Waals surface area contributed by atoms with Gasteiger partial charge >= 0.3 is 12.1 Å². The molecule has 0 saturated carbocycles. The van der Waals surface area contributed by atoms with Crippen molar-refractivity contribution in [2.45, 2.75) is 25.5 Å². The van der Waals surface area contributed by atoms with Crippen LogP contribution >= 0.6 is 0 Å². The molecule has 2 radical (unpaired) electrons. The smallest absolute Gasteiger partial charge is 0.426 e. The van der Waals surface area contributed by atoms with Crippen molar-refractivity contribution in [1.29, 1.82) is 0 Å². The Morgan fingerprint density at radius 3 is 2.41 bits per heavy atom.